The Balaban J connectivity index is 1.55. The van der Waals surface area contributed by atoms with Crippen LogP contribution in [0.2, 0.25) is 5.02 Å². The Bertz CT molecular complexity index is 1260. The quantitative estimate of drug-likeness (QED) is 0.412. The van der Waals surface area contributed by atoms with Crippen LogP contribution < -0.4 is 5.32 Å². The van der Waals surface area contributed by atoms with Crippen LogP contribution in [0, 0.1) is 13.8 Å². The first-order valence-corrected chi connectivity index (χ1v) is 10.8. The van der Waals surface area contributed by atoms with Gasteiger partial charge in [-0.1, -0.05) is 23.7 Å². The average Bonchev–Trinajstić information content (AvgIpc) is 3.43. The summed E-state index contributed by atoms with van der Waals surface area (Å²) in [5.41, 5.74) is 1.62. The molecule has 0 aliphatic rings. The lowest BCUT2D eigenvalue weighted by atomic mass is 10.2. The number of fused-ring (bicyclic) bond motifs is 1. The van der Waals surface area contributed by atoms with Gasteiger partial charge in [0.15, 0.2) is 11.9 Å². The van der Waals surface area contributed by atoms with Crippen LogP contribution in [0.4, 0.5) is 5.82 Å². The molecule has 1 aromatic carbocycles. The normalized spacial score (nSPS) is 12.1. The predicted molar refractivity (Wildman–Crippen MR) is 118 cm³/mol. The number of benzene rings is 1. The highest BCUT2D eigenvalue weighted by molar-refractivity contribution is 7.20. The predicted octanol–water partition coefficient (Wildman–Crippen LogP) is 4.92. The van der Waals surface area contributed by atoms with Gasteiger partial charge >= 0.3 is 5.97 Å². The first-order valence-electron chi connectivity index (χ1n) is 9.56. The van der Waals surface area contributed by atoms with E-state index in [9.17, 15) is 9.59 Å². The molecule has 3 aromatic heterocycles. The summed E-state index contributed by atoms with van der Waals surface area (Å²) in [6.07, 6.45) is -0.639. The van der Waals surface area contributed by atoms with Crippen LogP contribution in [0.1, 0.15) is 34.5 Å². The molecule has 0 saturated heterocycles. The lowest BCUT2D eigenvalue weighted by Crippen LogP contribution is -2.32. The van der Waals surface area contributed by atoms with Gasteiger partial charge in [-0.25, -0.2) is 9.48 Å². The molecule has 4 aromatic rings. The minimum Gasteiger partial charge on any atom is -0.448 e. The molecule has 0 saturated carbocycles. The summed E-state index contributed by atoms with van der Waals surface area (Å²) in [5.74, 6) is -0.191. The molecular weight excluding hydrogens is 440 g/mol. The Hall–Kier alpha value is -3.17. The lowest BCUT2D eigenvalue weighted by molar-refractivity contribution is -0.124. The first kappa shape index (κ1) is 21.1. The van der Waals surface area contributed by atoms with Gasteiger partial charge in [0, 0.05) is 16.5 Å². The van der Waals surface area contributed by atoms with E-state index < -0.39 is 18.0 Å². The number of aryl methyl sites for hydroxylation is 2. The molecule has 1 unspecified atom stereocenters. The number of carbonyl (C=O) groups excluding carboxylic acids is 2. The highest BCUT2D eigenvalue weighted by Crippen LogP contribution is 2.31. The molecule has 10 heteroatoms. The Morgan fingerprint density at radius 1 is 1.26 bits per heavy atom. The molecule has 1 amide bonds. The molecular formula is C21H19ClN4O4S. The van der Waals surface area contributed by atoms with Crippen LogP contribution in [-0.4, -0.2) is 32.9 Å². The zero-order valence-corrected chi connectivity index (χ0v) is 18.6. The van der Waals surface area contributed by atoms with Gasteiger partial charge in [-0.3, -0.25) is 4.79 Å². The van der Waals surface area contributed by atoms with Crippen molar-refractivity contribution in [3.63, 3.8) is 0 Å². The summed E-state index contributed by atoms with van der Waals surface area (Å²) in [6, 6.07) is 10.6. The number of nitrogens with one attached hydrogen (secondary N) is 1. The van der Waals surface area contributed by atoms with Crippen molar-refractivity contribution in [1.82, 2.24) is 14.9 Å². The maximum Gasteiger partial charge on any atom is 0.349 e. The van der Waals surface area contributed by atoms with Crippen molar-refractivity contribution in [3.8, 4) is 5.69 Å². The van der Waals surface area contributed by atoms with E-state index in [0.717, 1.165) is 21.6 Å². The van der Waals surface area contributed by atoms with Crippen LogP contribution in [0.25, 0.3) is 15.9 Å². The van der Waals surface area contributed by atoms with Crippen molar-refractivity contribution in [1.29, 1.82) is 0 Å². The van der Waals surface area contributed by atoms with E-state index in [1.54, 1.807) is 42.8 Å². The highest BCUT2D eigenvalue weighted by Gasteiger charge is 2.25. The van der Waals surface area contributed by atoms with E-state index in [1.807, 2.05) is 19.1 Å². The molecule has 0 aliphatic carbocycles. The van der Waals surface area contributed by atoms with Crippen molar-refractivity contribution >= 4 is 50.8 Å². The first-order chi connectivity index (χ1) is 14.9. The maximum atomic E-state index is 12.8. The third-order valence-electron chi connectivity index (χ3n) is 4.61. The van der Waals surface area contributed by atoms with Gasteiger partial charge in [-0.05, 0) is 50.6 Å². The van der Waals surface area contributed by atoms with Crippen LogP contribution in [-0.2, 0) is 9.53 Å². The third kappa shape index (κ3) is 4.33. The van der Waals surface area contributed by atoms with Gasteiger partial charge in [-0.15, -0.1) is 11.3 Å². The van der Waals surface area contributed by atoms with Crippen LogP contribution in [0.3, 0.4) is 0 Å². The Labute approximate surface area is 186 Å². The fourth-order valence-electron chi connectivity index (χ4n) is 3.05. The van der Waals surface area contributed by atoms with E-state index in [4.69, 9.17) is 20.9 Å². The minimum absolute atomic E-state index is 0.276. The zero-order valence-electron chi connectivity index (χ0n) is 17.0. The van der Waals surface area contributed by atoms with Gasteiger partial charge in [-0.2, -0.15) is 5.10 Å². The molecule has 0 radical (unpaired) electrons. The largest absolute Gasteiger partial charge is 0.448 e. The molecule has 0 spiro atoms. The number of hydrogen-bond acceptors (Lipinski definition) is 7. The van der Waals surface area contributed by atoms with Gasteiger partial charge in [0.1, 0.15) is 15.5 Å². The molecule has 1 N–H and O–H groups in total. The SMILES string of the molecule is CCC(OC(=O)c1cc2c(C)nn(-c3ccc(Cl)cc3)c2s1)C(=O)Nc1cc(C)on1. The van der Waals surface area contributed by atoms with Crippen molar-refractivity contribution < 1.29 is 18.8 Å². The molecule has 0 aliphatic heterocycles. The lowest BCUT2D eigenvalue weighted by Gasteiger charge is -2.14. The number of esters is 1. The molecule has 3 heterocycles. The monoisotopic (exact) mass is 458 g/mol. The Morgan fingerprint density at radius 2 is 2.00 bits per heavy atom. The van der Waals surface area contributed by atoms with E-state index in [0.29, 0.717) is 22.1 Å². The van der Waals surface area contributed by atoms with Crippen LogP contribution in [0.15, 0.2) is 40.9 Å². The maximum absolute atomic E-state index is 12.8. The Kier molecular flexibility index (Phi) is 5.79. The zero-order chi connectivity index (χ0) is 22.1. The smallest absolute Gasteiger partial charge is 0.349 e. The second kappa shape index (κ2) is 8.52. The number of rotatable bonds is 6. The third-order valence-corrected chi connectivity index (χ3v) is 5.95. The molecule has 0 fully saturated rings. The molecule has 31 heavy (non-hydrogen) atoms. The fraction of sp³-hybridized carbons (Fsp3) is 0.238. The van der Waals surface area contributed by atoms with Gasteiger partial charge in [0.05, 0.1) is 11.4 Å². The molecule has 160 valence electrons. The number of aromatic nitrogens is 3. The minimum atomic E-state index is -0.955. The number of ether oxygens (including phenoxy) is 1. The van der Waals surface area contributed by atoms with Crippen LogP contribution in [0.5, 0.6) is 0 Å². The number of amides is 1. The number of anilines is 1. The second-order valence-corrected chi connectivity index (χ2v) is 8.38. The highest BCUT2D eigenvalue weighted by atomic mass is 35.5. The summed E-state index contributed by atoms with van der Waals surface area (Å²) in [7, 11) is 0. The molecule has 1 atom stereocenters. The van der Waals surface area contributed by atoms with E-state index in [2.05, 4.69) is 15.6 Å². The van der Waals surface area contributed by atoms with E-state index >= 15 is 0 Å². The van der Waals surface area contributed by atoms with Crippen molar-refractivity contribution in [2.24, 2.45) is 0 Å². The summed E-state index contributed by atoms with van der Waals surface area (Å²) < 4.78 is 12.2. The summed E-state index contributed by atoms with van der Waals surface area (Å²) in [6.45, 7) is 5.35. The number of carbonyl (C=O) groups is 2. The summed E-state index contributed by atoms with van der Waals surface area (Å²) >= 11 is 7.24. The number of hydrogen-bond donors (Lipinski definition) is 1. The van der Waals surface area contributed by atoms with Crippen molar-refractivity contribution in [2.75, 3.05) is 5.32 Å². The van der Waals surface area contributed by atoms with E-state index in [1.165, 1.54) is 11.3 Å². The molecule has 0 bridgehead atoms. The van der Waals surface area contributed by atoms with Gasteiger partial charge in [0.25, 0.3) is 5.91 Å². The topological polar surface area (TPSA) is 99.2 Å². The summed E-state index contributed by atoms with van der Waals surface area (Å²) in [4.78, 5) is 26.4. The summed E-state index contributed by atoms with van der Waals surface area (Å²) in [5, 5.41) is 12.4. The number of nitrogens with zero attached hydrogens (tertiary/aromatic N) is 3. The number of halogens is 1. The standard InChI is InChI=1S/C21H19ClN4O4S/c1-4-16(19(27)23-18-9-11(2)30-25-18)29-21(28)17-10-15-12(3)24-26(20(15)31-17)14-7-5-13(22)6-8-14/h5-10,16H,4H2,1-3H3,(H,23,25,27). The molecule has 4 rings (SSSR count). The number of thiophene rings is 1. The van der Waals surface area contributed by atoms with Crippen molar-refractivity contribution in [2.45, 2.75) is 33.3 Å². The molecule has 8 nitrogen and oxygen atoms in total. The van der Waals surface area contributed by atoms with Crippen molar-refractivity contribution in [3.05, 3.63) is 57.8 Å². The Morgan fingerprint density at radius 3 is 2.65 bits per heavy atom. The fourth-order valence-corrected chi connectivity index (χ4v) is 4.24. The van der Waals surface area contributed by atoms with Gasteiger partial charge in [0.2, 0.25) is 0 Å². The van der Waals surface area contributed by atoms with Crippen LogP contribution >= 0.6 is 22.9 Å². The van der Waals surface area contributed by atoms with Gasteiger partial charge < -0.3 is 14.6 Å². The second-order valence-electron chi connectivity index (χ2n) is 6.92. The van der Waals surface area contributed by atoms with E-state index in [-0.39, 0.29) is 5.82 Å². The average molecular weight is 459 g/mol.